The first kappa shape index (κ1) is 25.3. The van der Waals surface area contributed by atoms with Gasteiger partial charge in [0.2, 0.25) is 20.2 Å². The molecule has 0 fully saturated rings. The summed E-state index contributed by atoms with van der Waals surface area (Å²) in [7, 11) is -3.77. The molecule has 0 aliphatic carbocycles. The average molecular weight is 528 g/mol. The van der Waals surface area contributed by atoms with Crippen LogP contribution in [0.25, 0.3) is 6.08 Å². The summed E-state index contributed by atoms with van der Waals surface area (Å²) in [4.78, 5) is 27.9. The van der Waals surface area contributed by atoms with E-state index in [0.29, 0.717) is 11.3 Å². The van der Waals surface area contributed by atoms with E-state index in [9.17, 15) is 23.3 Å². The summed E-state index contributed by atoms with van der Waals surface area (Å²) >= 11 is 0.758. The highest BCUT2D eigenvalue weighted by Gasteiger charge is 2.42. The van der Waals surface area contributed by atoms with Crippen LogP contribution in [0.4, 0.5) is 5.69 Å². The predicted molar refractivity (Wildman–Crippen MR) is 138 cm³/mol. The fraction of sp³-hybridized carbons (Fsp3) is 0.217. The van der Waals surface area contributed by atoms with Crippen LogP contribution in [0.2, 0.25) is 0 Å². The number of rotatable bonds is 7. The first-order chi connectivity index (χ1) is 17.0. The number of hydrogen-bond acceptors (Lipinski definition) is 9. The van der Waals surface area contributed by atoms with E-state index in [1.165, 1.54) is 18.2 Å². The number of nitrogens with one attached hydrogen (secondary N) is 1. The van der Waals surface area contributed by atoms with Gasteiger partial charge in [0, 0.05) is 12.1 Å². The number of carbonyl (C=O) groups excluding carboxylic acids is 1. The van der Waals surface area contributed by atoms with E-state index in [1.54, 1.807) is 50.2 Å². The smallest absolute Gasteiger partial charge is 0.283 e. The number of sulfone groups is 1. The number of non-ortho nitro benzene ring substituents is 1. The van der Waals surface area contributed by atoms with Gasteiger partial charge in [-0.25, -0.2) is 13.3 Å². The van der Waals surface area contributed by atoms with Gasteiger partial charge in [-0.2, -0.15) is 9.39 Å². The summed E-state index contributed by atoms with van der Waals surface area (Å²) in [6.07, 6.45) is 1.46. The van der Waals surface area contributed by atoms with Crippen LogP contribution >= 0.6 is 11.9 Å². The Bertz CT molecular complexity index is 1430. The van der Waals surface area contributed by atoms with Crippen LogP contribution in [0.1, 0.15) is 25.0 Å². The minimum atomic E-state index is -3.77. The van der Waals surface area contributed by atoms with E-state index in [0.717, 1.165) is 22.4 Å². The molecule has 0 saturated carbocycles. The van der Waals surface area contributed by atoms with Crippen LogP contribution in [0, 0.1) is 21.4 Å². The number of nitrogens with zero attached hydrogens (tertiary/aromatic N) is 4. The number of ether oxygens (including phenoxy) is 1. The molecule has 0 radical (unpaired) electrons. The third-order valence-corrected chi connectivity index (χ3v) is 7.82. The lowest BCUT2D eigenvalue weighted by molar-refractivity contribution is -0.384. The highest BCUT2D eigenvalue weighted by atomic mass is 32.2. The predicted octanol–water partition coefficient (Wildman–Crippen LogP) is 3.82. The summed E-state index contributed by atoms with van der Waals surface area (Å²) in [5.74, 6) is -0.710. The first-order valence-electron chi connectivity index (χ1n) is 10.7. The molecule has 2 aliphatic rings. The Morgan fingerprint density at radius 1 is 1.17 bits per heavy atom. The van der Waals surface area contributed by atoms with Gasteiger partial charge in [-0.3, -0.25) is 20.3 Å². The SMILES string of the molecule is CC(C)CS(=O)(=O)C1=NSC2=NC(=O)/C(=C\c3ccc(OCc4ccc([N+](=O)[O-])cc4)cc3)C(=N)N21. The number of fused-ring (bicyclic) bond motifs is 1. The molecule has 2 heterocycles. The lowest BCUT2D eigenvalue weighted by atomic mass is 10.1. The zero-order valence-electron chi connectivity index (χ0n) is 19.2. The molecule has 2 aliphatic heterocycles. The van der Waals surface area contributed by atoms with Gasteiger partial charge in [-0.15, -0.1) is 0 Å². The molecule has 1 N–H and O–H groups in total. The van der Waals surface area contributed by atoms with Crippen molar-refractivity contribution in [2.45, 2.75) is 20.5 Å². The van der Waals surface area contributed by atoms with Crippen molar-refractivity contribution in [1.29, 1.82) is 5.41 Å². The molecule has 36 heavy (non-hydrogen) atoms. The number of nitro groups is 1. The Hall–Kier alpha value is -3.84. The number of aliphatic imine (C=N–C) groups is 1. The Morgan fingerprint density at radius 2 is 1.83 bits per heavy atom. The van der Waals surface area contributed by atoms with Crippen molar-refractivity contribution in [3.8, 4) is 5.75 Å². The average Bonchev–Trinajstić information content (AvgIpc) is 3.25. The standard InChI is InChI=1S/C23H21N5O6S2/c1-14(2)13-36(32,33)23-26-35-22-25-21(29)19(20(24)27(22)23)11-15-5-9-18(10-6-15)34-12-16-3-7-17(8-4-16)28(30)31/h3-11,14,24H,12-13H2,1-2H3/b19-11-,24-20?. The maximum Gasteiger partial charge on any atom is 0.283 e. The normalized spacial score (nSPS) is 16.8. The molecule has 0 spiro atoms. The van der Waals surface area contributed by atoms with Crippen LogP contribution in [0.15, 0.2) is 63.5 Å². The molecule has 1 amide bonds. The number of carbonyl (C=O) groups is 1. The van der Waals surface area contributed by atoms with Crippen LogP contribution in [0.5, 0.6) is 5.75 Å². The Morgan fingerprint density at radius 3 is 2.44 bits per heavy atom. The van der Waals surface area contributed by atoms with Crippen molar-refractivity contribution in [3.63, 3.8) is 0 Å². The maximum atomic E-state index is 12.8. The zero-order chi connectivity index (χ0) is 26.0. The number of benzene rings is 2. The fourth-order valence-electron chi connectivity index (χ4n) is 3.42. The summed E-state index contributed by atoms with van der Waals surface area (Å²) in [5, 5.41) is 19.0. The molecule has 186 valence electrons. The number of nitro benzene ring substituents is 1. The van der Waals surface area contributed by atoms with E-state index < -0.39 is 20.7 Å². The minimum Gasteiger partial charge on any atom is -0.489 e. The summed E-state index contributed by atoms with van der Waals surface area (Å²) in [5.41, 5.74) is 1.28. The highest BCUT2D eigenvalue weighted by molar-refractivity contribution is 8.16. The van der Waals surface area contributed by atoms with Gasteiger partial charge in [0.15, 0.2) is 0 Å². The number of hydrogen-bond donors (Lipinski definition) is 1. The van der Waals surface area contributed by atoms with E-state index in [1.807, 2.05) is 0 Å². The zero-order valence-corrected chi connectivity index (χ0v) is 20.9. The minimum absolute atomic E-state index is 0.00105. The first-order valence-corrected chi connectivity index (χ1v) is 13.2. The Kier molecular flexibility index (Phi) is 7.04. The lowest BCUT2D eigenvalue weighted by Gasteiger charge is -2.24. The second-order valence-corrected chi connectivity index (χ2v) is 11.0. The monoisotopic (exact) mass is 527 g/mol. The number of amides is 1. The van der Waals surface area contributed by atoms with E-state index >= 15 is 0 Å². The largest absolute Gasteiger partial charge is 0.489 e. The van der Waals surface area contributed by atoms with Gasteiger partial charge in [-0.1, -0.05) is 26.0 Å². The molecule has 2 aromatic rings. The number of amidine groups is 3. The van der Waals surface area contributed by atoms with Crippen molar-refractivity contribution < 1.29 is 22.9 Å². The van der Waals surface area contributed by atoms with Gasteiger partial charge < -0.3 is 4.74 Å². The summed E-state index contributed by atoms with van der Waals surface area (Å²) in [6, 6.07) is 12.7. The van der Waals surface area contributed by atoms with Crippen LogP contribution in [-0.2, 0) is 21.2 Å². The Labute approximate surface area is 211 Å². The third-order valence-electron chi connectivity index (χ3n) is 5.07. The molecule has 4 rings (SSSR count). The molecule has 13 heteroatoms. The van der Waals surface area contributed by atoms with Crippen LogP contribution in [0.3, 0.4) is 0 Å². The third kappa shape index (κ3) is 5.36. The maximum absolute atomic E-state index is 12.8. The van der Waals surface area contributed by atoms with Crippen molar-refractivity contribution in [1.82, 2.24) is 4.90 Å². The van der Waals surface area contributed by atoms with Gasteiger partial charge in [-0.05, 0) is 47.4 Å². The van der Waals surface area contributed by atoms with Crippen molar-refractivity contribution in [2.75, 3.05) is 5.75 Å². The van der Waals surface area contributed by atoms with Crippen molar-refractivity contribution in [3.05, 3.63) is 75.3 Å². The Balaban J connectivity index is 1.48. The molecule has 0 unspecified atom stereocenters. The van der Waals surface area contributed by atoms with Gasteiger partial charge in [0.1, 0.15) is 18.2 Å². The fourth-order valence-corrected chi connectivity index (χ4v) is 6.15. The molecular weight excluding hydrogens is 506 g/mol. The molecule has 0 atom stereocenters. The van der Waals surface area contributed by atoms with E-state index in [4.69, 9.17) is 10.1 Å². The van der Waals surface area contributed by atoms with E-state index in [2.05, 4.69) is 9.39 Å². The second-order valence-electron chi connectivity index (χ2n) is 8.36. The van der Waals surface area contributed by atoms with Gasteiger partial charge >= 0.3 is 0 Å². The second kappa shape index (κ2) is 10.0. The van der Waals surface area contributed by atoms with Crippen LogP contribution in [-0.4, -0.2) is 46.1 Å². The molecule has 0 aromatic heterocycles. The van der Waals surface area contributed by atoms with Gasteiger partial charge in [0.25, 0.3) is 11.6 Å². The lowest BCUT2D eigenvalue weighted by Crippen LogP contribution is -2.46. The molecular formula is C23H21N5O6S2. The topological polar surface area (TPSA) is 155 Å². The molecule has 2 aromatic carbocycles. The molecule has 0 saturated heterocycles. The molecule has 11 nitrogen and oxygen atoms in total. The van der Waals surface area contributed by atoms with Crippen molar-refractivity contribution in [2.24, 2.45) is 15.3 Å². The summed E-state index contributed by atoms with van der Waals surface area (Å²) in [6.45, 7) is 3.74. The quantitative estimate of drug-likeness (QED) is 0.246. The summed E-state index contributed by atoms with van der Waals surface area (Å²) < 4.78 is 35.2. The molecule has 0 bridgehead atoms. The van der Waals surface area contributed by atoms with Crippen LogP contribution < -0.4 is 4.74 Å². The van der Waals surface area contributed by atoms with Gasteiger partial charge in [0.05, 0.1) is 28.2 Å². The van der Waals surface area contributed by atoms with E-state index in [-0.39, 0.29) is 45.7 Å². The van der Waals surface area contributed by atoms with Crippen molar-refractivity contribution >= 4 is 55.6 Å². The highest BCUT2D eigenvalue weighted by Crippen LogP contribution is 2.30.